The van der Waals surface area contributed by atoms with Crippen molar-refractivity contribution >= 4 is 102 Å². The van der Waals surface area contributed by atoms with Gasteiger partial charge in [-0.1, -0.05) is 132 Å². The van der Waals surface area contributed by atoms with Gasteiger partial charge in [0.05, 0.1) is 38.9 Å². The van der Waals surface area contributed by atoms with Crippen LogP contribution in [-0.2, 0) is 79.2 Å². The van der Waals surface area contributed by atoms with E-state index in [-0.39, 0.29) is 66.8 Å². The van der Waals surface area contributed by atoms with Gasteiger partial charge in [0.25, 0.3) is 0 Å². The van der Waals surface area contributed by atoms with Crippen LogP contribution >= 0.6 is 45.9 Å². The molecule has 0 bridgehead atoms. The molecule has 2 aliphatic heterocycles. The number of benzene rings is 4. The van der Waals surface area contributed by atoms with Crippen molar-refractivity contribution in [1.29, 1.82) is 0 Å². The van der Waals surface area contributed by atoms with Gasteiger partial charge in [0, 0.05) is 33.1 Å². The van der Waals surface area contributed by atoms with Gasteiger partial charge in [0.2, 0.25) is 33.6 Å². The van der Waals surface area contributed by atoms with Crippen molar-refractivity contribution in [2.75, 3.05) is 53.0 Å². The predicted molar refractivity (Wildman–Crippen MR) is 346 cm³/mol. The molecule has 4 heterocycles. The van der Waals surface area contributed by atoms with Crippen LogP contribution in [0.25, 0.3) is 20.9 Å². The number of esters is 6. The third kappa shape index (κ3) is 20.5. The van der Waals surface area contributed by atoms with Gasteiger partial charge in [-0.3, -0.25) is 9.59 Å². The van der Waals surface area contributed by atoms with E-state index in [0.29, 0.717) is 72.7 Å². The molecular weight excluding hydrogens is 1300 g/mol. The van der Waals surface area contributed by atoms with Crippen molar-refractivity contribution in [3.8, 4) is 32.4 Å². The van der Waals surface area contributed by atoms with Gasteiger partial charge in [-0.05, 0) is 119 Å². The van der Waals surface area contributed by atoms with Crippen molar-refractivity contribution in [2.24, 2.45) is 5.41 Å². The van der Waals surface area contributed by atoms with Gasteiger partial charge in [-0.25, -0.2) is 44.6 Å². The summed E-state index contributed by atoms with van der Waals surface area (Å²) in [6.45, 7) is 12.5. The number of piperidine rings is 2. The fourth-order valence-corrected chi connectivity index (χ4v) is 15.8. The molecular formula is C65H74Cl2N2O18S4. The standard InChI is InChI=1S/C34H40ClNO9S2.C31H34ClNO9S2/c1-22(2)45-27(37)19-42-29-28(35)30(46-31(29)32(38)43-21-44-33(39)34(3,4)5)26-13-9-12-25(18-26)24-14-16-36(17-15-24)47(40,41)20-23-10-7-6-8-11-23;1-20(2)42-26(35)17-39-28-27(32)29(43-30(28)31(36)41-19-40-21(3)34)25-11-7-10-24(16-25)23-12-14-33(15-13-23)44(37,38)18-22-8-5-4-6-9-22/h6-13,18,22,24H,14-17,19-21H2,1-5H3;4-11,16,20,23H,12-15,17-19H2,1-3H3. The Morgan fingerprint density at radius 1 is 0.538 bits per heavy atom. The van der Waals surface area contributed by atoms with Crippen LogP contribution in [0.2, 0.25) is 10.0 Å². The van der Waals surface area contributed by atoms with Crippen LogP contribution in [-0.4, -0.2) is 126 Å². The highest BCUT2D eigenvalue weighted by atomic mass is 35.5. The highest BCUT2D eigenvalue weighted by molar-refractivity contribution is 7.88. The van der Waals surface area contributed by atoms with E-state index < -0.39 is 88.1 Å². The number of sulfonamides is 2. The van der Waals surface area contributed by atoms with Gasteiger partial charge < -0.3 is 37.9 Å². The third-order valence-electron chi connectivity index (χ3n) is 14.2. The summed E-state index contributed by atoms with van der Waals surface area (Å²) in [6.07, 6.45) is 1.87. The maximum Gasteiger partial charge on any atom is 0.355 e. The van der Waals surface area contributed by atoms with E-state index in [9.17, 15) is 45.6 Å². The number of carbonyl (C=O) groups is 6. The van der Waals surface area contributed by atoms with E-state index in [0.717, 1.165) is 44.9 Å². The summed E-state index contributed by atoms with van der Waals surface area (Å²) in [5, 5.41) is 0.232. The van der Waals surface area contributed by atoms with E-state index in [2.05, 4.69) is 0 Å². The summed E-state index contributed by atoms with van der Waals surface area (Å²) in [5.74, 6) is -4.02. The second kappa shape index (κ2) is 32.6. The molecule has 26 heteroatoms. The Hall–Kier alpha value is -6.90. The monoisotopic (exact) mass is 1370 g/mol. The van der Waals surface area contributed by atoms with Crippen molar-refractivity contribution in [3.63, 3.8) is 0 Å². The quantitative estimate of drug-likeness (QED) is 0.0310. The number of carbonyl (C=O) groups excluding carboxylic acids is 6. The highest BCUT2D eigenvalue weighted by Crippen LogP contribution is 2.48. The van der Waals surface area contributed by atoms with E-state index in [1.54, 1.807) is 57.1 Å². The molecule has 490 valence electrons. The van der Waals surface area contributed by atoms with E-state index in [1.165, 1.54) is 6.92 Å². The van der Waals surface area contributed by atoms with Crippen LogP contribution in [0.15, 0.2) is 109 Å². The topological polar surface area (TPSA) is 251 Å². The summed E-state index contributed by atoms with van der Waals surface area (Å²) >= 11 is 15.6. The Morgan fingerprint density at radius 3 is 1.26 bits per heavy atom. The van der Waals surface area contributed by atoms with Crippen LogP contribution in [0.1, 0.15) is 135 Å². The maximum absolute atomic E-state index is 13.1. The molecule has 2 aliphatic rings. The van der Waals surface area contributed by atoms with Gasteiger partial charge in [-0.2, -0.15) is 0 Å². The minimum Gasteiger partial charge on any atom is -0.479 e. The molecule has 0 atom stereocenters. The smallest absolute Gasteiger partial charge is 0.355 e. The molecule has 0 spiro atoms. The Labute approximate surface area is 549 Å². The fraction of sp³-hybridized carbons (Fsp3) is 0.415. The first-order valence-electron chi connectivity index (χ1n) is 29.3. The molecule has 8 rings (SSSR count). The van der Waals surface area contributed by atoms with Crippen molar-refractivity contribution < 1.29 is 83.5 Å². The maximum atomic E-state index is 13.1. The van der Waals surface area contributed by atoms with Gasteiger partial charge in [-0.15, -0.1) is 22.7 Å². The lowest BCUT2D eigenvalue weighted by Gasteiger charge is -2.31. The lowest BCUT2D eigenvalue weighted by Crippen LogP contribution is -2.38. The molecule has 0 amide bonds. The zero-order chi connectivity index (χ0) is 66.2. The average molecular weight is 1370 g/mol. The Kier molecular flexibility index (Phi) is 25.6. The summed E-state index contributed by atoms with van der Waals surface area (Å²) < 4.78 is 97.0. The number of ether oxygens (including phenoxy) is 8. The average Bonchev–Trinajstić information content (AvgIpc) is 1.99. The molecule has 20 nitrogen and oxygen atoms in total. The lowest BCUT2D eigenvalue weighted by atomic mass is 9.89. The Morgan fingerprint density at radius 2 is 0.912 bits per heavy atom. The Balaban J connectivity index is 0.000000259. The zero-order valence-electron chi connectivity index (χ0n) is 51.7. The second-order valence-electron chi connectivity index (χ2n) is 23.0. The van der Waals surface area contributed by atoms with Crippen molar-refractivity contribution in [1.82, 2.24) is 8.61 Å². The number of halogens is 2. The zero-order valence-corrected chi connectivity index (χ0v) is 56.5. The van der Waals surface area contributed by atoms with E-state index >= 15 is 0 Å². The van der Waals surface area contributed by atoms with Crippen molar-refractivity contribution in [2.45, 2.75) is 117 Å². The molecule has 6 aromatic rings. The van der Waals surface area contributed by atoms with E-state index in [4.69, 9.17) is 61.1 Å². The van der Waals surface area contributed by atoms with Gasteiger partial charge in [0.1, 0.15) is 10.0 Å². The molecule has 2 aromatic heterocycles. The molecule has 0 unspecified atom stereocenters. The molecule has 0 radical (unpaired) electrons. The summed E-state index contributed by atoms with van der Waals surface area (Å²) in [6, 6.07) is 33.6. The fourth-order valence-electron chi connectivity index (χ4n) is 9.75. The first kappa shape index (κ1) is 71.5. The molecule has 2 saturated heterocycles. The van der Waals surface area contributed by atoms with Crippen LogP contribution in [0.3, 0.4) is 0 Å². The SMILES string of the molecule is CC(=O)OCOC(=O)c1sc(-c2cccc(C3CCN(S(=O)(=O)Cc4ccccc4)CC3)c2)c(Cl)c1OCC(=O)OC(C)C.CC(C)OC(=O)COc1c(C(=O)OCOC(=O)C(C)(C)C)sc(-c2cccc(C3CCN(S(=O)(=O)Cc4ccccc4)CC3)c2)c1Cl. The first-order chi connectivity index (χ1) is 43.1. The predicted octanol–water partition coefficient (Wildman–Crippen LogP) is 12.6. The second-order valence-corrected chi connectivity index (χ2v) is 29.7. The number of hydrogen-bond acceptors (Lipinski definition) is 20. The molecule has 91 heavy (non-hydrogen) atoms. The summed E-state index contributed by atoms with van der Waals surface area (Å²) in [5.41, 5.74) is 4.17. The molecule has 0 N–H and O–H groups in total. The lowest BCUT2D eigenvalue weighted by molar-refractivity contribution is -0.161. The molecule has 0 aliphatic carbocycles. The van der Waals surface area contributed by atoms with Crippen LogP contribution in [0, 0.1) is 5.41 Å². The van der Waals surface area contributed by atoms with Gasteiger partial charge in [0.15, 0.2) is 34.5 Å². The number of rotatable bonds is 24. The largest absolute Gasteiger partial charge is 0.479 e. The summed E-state index contributed by atoms with van der Waals surface area (Å²) in [4.78, 5) is 74.7. The molecule has 2 fully saturated rings. The molecule has 0 saturated carbocycles. The minimum atomic E-state index is -3.45. The van der Waals surface area contributed by atoms with Crippen LogP contribution < -0.4 is 9.47 Å². The number of nitrogens with zero attached hydrogens (tertiary/aromatic N) is 2. The third-order valence-corrected chi connectivity index (χ3v) is 21.2. The van der Waals surface area contributed by atoms with Crippen LogP contribution in [0.5, 0.6) is 11.5 Å². The van der Waals surface area contributed by atoms with Crippen LogP contribution in [0.4, 0.5) is 0 Å². The number of thiophene rings is 2. The highest BCUT2D eigenvalue weighted by Gasteiger charge is 2.34. The van der Waals surface area contributed by atoms with E-state index in [1.807, 2.05) is 109 Å². The Bertz CT molecular complexity index is 3740. The summed E-state index contributed by atoms with van der Waals surface area (Å²) in [7, 11) is -6.89. The number of hydrogen-bond donors (Lipinski definition) is 0. The first-order valence-corrected chi connectivity index (χ1v) is 34.9. The van der Waals surface area contributed by atoms with Crippen molar-refractivity contribution in [3.05, 3.63) is 151 Å². The van der Waals surface area contributed by atoms with Gasteiger partial charge >= 0.3 is 35.8 Å². The normalized spacial score (nSPS) is 14.4. The minimum absolute atomic E-state index is 0.00293. The molecule has 4 aromatic carbocycles.